The summed E-state index contributed by atoms with van der Waals surface area (Å²) >= 11 is 1.61. The molecule has 0 atom stereocenters. The number of benzene rings is 1. The molecule has 1 aromatic carbocycles. The van der Waals surface area contributed by atoms with Gasteiger partial charge in [0.1, 0.15) is 10.6 Å². The molecule has 1 aromatic heterocycles. The van der Waals surface area contributed by atoms with E-state index in [0.717, 1.165) is 36.0 Å². The third-order valence-corrected chi connectivity index (χ3v) is 7.72. The van der Waals surface area contributed by atoms with Gasteiger partial charge in [0, 0.05) is 38.1 Å². The number of ether oxygens (including phenoxy) is 1. The number of aryl methyl sites for hydroxylation is 2. The number of nitrogens with zero attached hydrogens (tertiary/aromatic N) is 3. The van der Waals surface area contributed by atoms with Gasteiger partial charge >= 0.3 is 0 Å². The highest BCUT2D eigenvalue weighted by molar-refractivity contribution is 7.99. The first kappa shape index (κ1) is 22.1. The highest BCUT2D eigenvalue weighted by Crippen LogP contribution is 2.22. The highest BCUT2D eigenvalue weighted by atomic mass is 32.2. The molecule has 29 heavy (non-hydrogen) atoms. The third kappa shape index (κ3) is 6.18. The summed E-state index contributed by atoms with van der Waals surface area (Å²) < 4.78 is 32.8. The van der Waals surface area contributed by atoms with Gasteiger partial charge in [0.15, 0.2) is 0 Å². The number of hydrogen-bond donors (Lipinski definition) is 0. The molecule has 8 heteroatoms. The topological polar surface area (TPSA) is 62.7 Å². The second kappa shape index (κ2) is 9.93. The fourth-order valence-corrected chi connectivity index (χ4v) is 5.36. The fraction of sp³-hybridized carbons (Fsp3) is 0.476. The van der Waals surface area contributed by atoms with Gasteiger partial charge in [-0.25, -0.2) is 13.4 Å². The maximum Gasteiger partial charge on any atom is 0.244 e. The van der Waals surface area contributed by atoms with Crippen molar-refractivity contribution in [1.82, 2.24) is 14.2 Å². The van der Waals surface area contributed by atoms with E-state index in [4.69, 9.17) is 4.74 Å². The molecule has 6 nitrogen and oxygen atoms in total. The largest absolute Gasteiger partial charge is 0.494 e. The summed E-state index contributed by atoms with van der Waals surface area (Å²) in [5.41, 5.74) is 2.40. The van der Waals surface area contributed by atoms with Crippen molar-refractivity contribution in [2.75, 3.05) is 45.6 Å². The standard InChI is InChI=1S/C21H29N3O3S2/c1-17-13-18(2)15-19(14-17)27-11-4-12-28-21-6-5-20(16-22-21)29(25,26)24-9-7-23(3)8-10-24/h5-6,13-16H,4,7-12H2,1-3H3. The van der Waals surface area contributed by atoms with Crippen LogP contribution in [0.3, 0.4) is 0 Å². The molecule has 0 unspecified atom stereocenters. The monoisotopic (exact) mass is 435 g/mol. The summed E-state index contributed by atoms with van der Waals surface area (Å²) in [4.78, 5) is 6.74. The van der Waals surface area contributed by atoms with Crippen molar-refractivity contribution in [3.8, 4) is 5.75 Å². The first-order valence-electron chi connectivity index (χ1n) is 9.83. The third-order valence-electron chi connectivity index (χ3n) is 4.81. The molecular formula is C21H29N3O3S2. The number of rotatable bonds is 8. The Bertz CT molecular complexity index is 889. The number of sulfonamides is 1. The Morgan fingerprint density at radius 1 is 1.07 bits per heavy atom. The summed E-state index contributed by atoms with van der Waals surface area (Å²) in [5, 5.41) is 0.828. The Labute approximate surface area is 178 Å². The lowest BCUT2D eigenvalue weighted by atomic mass is 10.1. The minimum Gasteiger partial charge on any atom is -0.494 e. The number of thioether (sulfide) groups is 1. The van der Waals surface area contributed by atoms with Crippen LogP contribution in [0.5, 0.6) is 5.75 Å². The SMILES string of the molecule is Cc1cc(C)cc(OCCCSc2ccc(S(=O)(=O)N3CCN(C)CC3)cn2)c1. The van der Waals surface area contributed by atoms with Gasteiger partial charge in [-0.05, 0) is 62.7 Å². The van der Waals surface area contributed by atoms with Gasteiger partial charge in [-0.1, -0.05) is 6.07 Å². The quantitative estimate of drug-likeness (QED) is 0.469. The number of pyridine rings is 1. The van der Waals surface area contributed by atoms with E-state index in [2.05, 4.69) is 29.8 Å². The first-order valence-corrected chi connectivity index (χ1v) is 12.3. The fourth-order valence-electron chi connectivity index (χ4n) is 3.22. The van der Waals surface area contributed by atoms with Crippen LogP contribution in [-0.4, -0.2) is 68.2 Å². The molecule has 0 aliphatic carbocycles. The number of likely N-dealkylation sites (N-methyl/N-ethyl adjacent to an activating group) is 1. The Balaban J connectivity index is 1.45. The van der Waals surface area contributed by atoms with Crippen molar-refractivity contribution in [2.24, 2.45) is 0 Å². The van der Waals surface area contributed by atoms with Gasteiger partial charge in [-0.2, -0.15) is 4.31 Å². The van der Waals surface area contributed by atoms with Gasteiger partial charge in [0.05, 0.1) is 11.6 Å². The molecule has 158 valence electrons. The molecular weight excluding hydrogens is 406 g/mol. The van der Waals surface area contributed by atoms with Crippen LogP contribution in [-0.2, 0) is 10.0 Å². The summed E-state index contributed by atoms with van der Waals surface area (Å²) in [7, 11) is -1.45. The first-order chi connectivity index (χ1) is 13.8. The predicted octanol–water partition coefficient (Wildman–Crippen LogP) is 3.20. The maximum atomic E-state index is 12.7. The summed E-state index contributed by atoms with van der Waals surface area (Å²) in [6.45, 7) is 7.33. The average molecular weight is 436 g/mol. The maximum absolute atomic E-state index is 12.7. The van der Waals surface area contributed by atoms with Crippen molar-refractivity contribution in [1.29, 1.82) is 0 Å². The molecule has 1 aliphatic heterocycles. The van der Waals surface area contributed by atoms with Gasteiger partial charge in [-0.15, -0.1) is 11.8 Å². The zero-order chi connectivity index (χ0) is 20.9. The molecule has 0 spiro atoms. The van der Waals surface area contributed by atoms with E-state index in [0.29, 0.717) is 19.7 Å². The molecule has 1 saturated heterocycles. The average Bonchev–Trinajstić information content (AvgIpc) is 2.68. The number of hydrogen-bond acceptors (Lipinski definition) is 6. The molecule has 0 bridgehead atoms. The van der Waals surface area contributed by atoms with Crippen LogP contribution in [0.1, 0.15) is 17.5 Å². The lowest BCUT2D eigenvalue weighted by Crippen LogP contribution is -2.47. The molecule has 3 rings (SSSR count). The van der Waals surface area contributed by atoms with E-state index < -0.39 is 10.0 Å². The summed E-state index contributed by atoms with van der Waals surface area (Å²) in [6.07, 6.45) is 2.36. The van der Waals surface area contributed by atoms with Gasteiger partial charge < -0.3 is 9.64 Å². The zero-order valence-electron chi connectivity index (χ0n) is 17.3. The molecule has 2 heterocycles. The Morgan fingerprint density at radius 3 is 2.38 bits per heavy atom. The van der Waals surface area contributed by atoms with Crippen LogP contribution in [0.15, 0.2) is 46.5 Å². The number of aromatic nitrogens is 1. The second-order valence-corrected chi connectivity index (χ2v) is 10.5. The Hall–Kier alpha value is -1.61. The molecule has 1 fully saturated rings. The van der Waals surface area contributed by atoms with Crippen molar-refractivity contribution in [3.05, 3.63) is 47.7 Å². The minimum absolute atomic E-state index is 0.268. The van der Waals surface area contributed by atoms with Crippen molar-refractivity contribution in [3.63, 3.8) is 0 Å². The van der Waals surface area contributed by atoms with E-state index in [1.165, 1.54) is 17.3 Å². The zero-order valence-corrected chi connectivity index (χ0v) is 18.9. The summed E-state index contributed by atoms with van der Waals surface area (Å²) in [5.74, 6) is 1.77. The molecule has 1 aliphatic rings. The molecule has 0 radical (unpaired) electrons. The molecule has 0 amide bonds. The Kier molecular flexibility index (Phi) is 7.56. The lowest BCUT2D eigenvalue weighted by molar-refractivity contribution is 0.222. The molecule has 0 saturated carbocycles. The van der Waals surface area contributed by atoms with Crippen LogP contribution in [0.25, 0.3) is 0 Å². The van der Waals surface area contributed by atoms with Crippen molar-refractivity contribution >= 4 is 21.8 Å². The normalized spacial score (nSPS) is 16.1. The van der Waals surface area contributed by atoms with Crippen molar-refractivity contribution in [2.45, 2.75) is 30.2 Å². The van der Waals surface area contributed by atoms with E-state index in [-0.39, 0.29) is 4.90 Å². The van der Waals surface area contributed by atoms with Crippen LogP contribution >= 0.6 is 11.8 Å². The predicted molar refractivity (Wildman–Crippen MR) is 117 cm³/mol. The lowest BCUT2D eigenvalue weighted by Gasteiger charge is -2.31. The van der Waals surface area contributed by atoms with Crippen molar-refractivity contribution < 1.29 is 13.2 Å². The van der Waals surface area contributed by atoms with E-state index in [9.17, 15) is 8.42 Å². The van der Waals surface area contributed by atoms with Crippen LogP contribution in [0.2, 0.25) is 0 Å². The molecule has 2 aromatic rings. The second-order valence-electron chi connectivity index (χ2n) is 7.41. The van der Waals surface area contributed by atoms with Gasteiger partial charge in [0.25, 0.3) is 0 Å². The van der Waals surface area contributed by atoms with E-state index in [1.54, 1.807) is 28.2 Å². The Morgan fingerprint density at radius 2 is 1.76 bits per heavy atom. The van der Waals surface area contributed by atoms with Crippen LogP contribution in [0.4, 0.5) is 0 Å². The molecule has 0 N–H and O–H groups in total. The smallest absolute Gasteiger partial charge is 0.244 e. The van der Waals surface area contributed by atoms with Crippen LogP contribution < -0.4 is 4.74 Å². The minimum atomic E-state index is -3.45. The summed E-state index contributed by atoms with van der Waals surface area (Å²) in [6, 6.07) is 9.66. The van der Waals surface area contributed by atoms with E-state index in [1.807, 2.05) is 19.2 Å². The van der Waals surface area contributed by atoms with Crippen LogP contribution in [0, 0.1) is 13.8 Å². The number of piperazine rings is 1. The highest BCUT2D eigenvalue weighted by Gasteiger charge is 2.27. The van der Waals surface area contributed by atoms with Gasteiger partial charge in [0.2, 0.25) is 10.0 Å². The van der Waals surface area contributed by atoms with Gasteiger partial charge in [-0.3, -0.25) is 0 Å². The van der Waals surface area contributed by atoms with E-state index >= 15 is 0 Å².